The zero-order valence-electron chi connectivity index (χ0n) is 12.8. The first-order valence-corrected chi connectivity index (χ1v) is 8.72. The number of nitrogens with zero attached hydrogens (tertiary/aromatic N) is 1. The predicted molar refractivity (Wildman–Crippen MR) is 89.8 cm³/mol. The molecule has 2 rings (SSSR count). The van der Waals surface area contributed by atoms with E-state index in [1.165, 1.54) is 41.4 Å². The van der Waals surface area contributed by atoms with E-state index in [0.29, 0.717) is 0 Å². The Morgan fingerprint density at radius 1 is 1.30 bits per heavy atom. The monoisotopic (exact) mass is 338 g/mol. The smallest absolute Gasteiger partial charge is 0.0244 e. The van der Waals surface area contributed by atoms with Crippen LogP contribution in [0.4, 0.5) is 0 Å². The maximum atomic E-state index is 3.74. The third-order valence-electron chi connectivity index (χ3n) is 4.28. The zero-order valence-corrected chi connectivity index (χ0v) is 14.4. The standard InChI is InChI=1S/C17H27BrN2/c1-3-19-11-15-8-9-16(17(18)10-15)13-20(4-2)12-14-6-5-7-14/h8-10,14,19H,3-7,11-13H2,1-2H3. The molecule has 0 amide bonds. The highest BCUT2D eigenvalue weighted by atomic mass is 79.9. The fourth-order valence-electron chi connectivity index (χ4n) is 2.69. The van der Waals surface area contributed by atoms with E-state index in [4.69, 9.17) is 0 Å². The second-order valence-electron chi connectivity index (χ2n) is 5.83. The molecule has 0 saturated heterocycles. The first-order chi connectivity index (χ1) is 9.72. The Kier molecular flexibility index (Phi) is 6.53. The van der Waals surface area contributed by atoms with Gasteiger partial charge >= 0.3 is 0 Å². The number of hydrogen-bond donors (Lipinski definition) is 1. The fourth-order valence-corrected chi connectivity index (χ4v) is 3.24. The van der Waals surface area contributed by atoms with Crippen molar-refractivity contribution in [2.75, 3.05) is 19.6 Å². The predicted octanol–water partition coefficient (Wildman–Crippen LogP) is 4.18. The Hall–Kier alpha value is -0.380. The quantitative estimate of drug-likeness (QED) is 0.764. The number of benzene rings is 1. The van der Waals surface area contributed by atoms with Crippen LogP contribution in [0.2, 0.25) is 0 Å². The summed E-state index contributed by atoms with van der Waals surface area (Å²) >= 11 is 3.74. The molecule has 0 aromatic heterocycles. The number of rotatable bonds is 8. The molecule has 2 nitrogen and oxygen atoms in total. The Morgan fingerprint density at radius 2 is 2.10 bits per heavy atom. The fraction of sp³-hybridized carbons (Fsp3) is 0.647. The van der Waals surface area contributed by atoms with Gasteiger partial charge in [0.25, 0.3) is 0 Å². The Bertz CT molecular complexity index is 415. The van der Waals surface area contributed by atoms with E-state index >= 15 is 0 Å². The maximum Gasteiger partial charge on any atom is 0.0244 e. The van der Waals surface area contributed by atoms with Crippen LogP contribution in [0, 0.1) is 5.92 Å². The van der Waals surface area contributed by atoms with E-state index in [9.17, 15) is 0 Å². The molecule has 0 atom stereocenters. The Morgan fingerprint density at radius 3 is 2.65 bits per heavy atom. The summed E-state index contributed by atoms with van der Waals surface area (Å²) in [6.07, 6.45) is 4.30. The van der Waals surface area contributed by atoms with Crippen molar-refractivity contribution < 1.29 is 0 Å². The minimum absolute atomic E-state index is 0.946. The number of hydrogen-bond acceptors (Lipinski definition) is 2. The van der Waals surface area contributed by atoms with Gasteiger partial charge < -0.3 is 5.32 Å². The summed E-state index contributed by atoms with van der Waals surface area (Å²) in [5.74, 6) is 0.946. The molecular weight excluding hydrogens is 312 g/mol. The molecule has 1 aromatic carbocycles. The first-order valence-electron chi connectivity index (χ1n) is 7.93. The van der Waals surface area contributed by atoms with Crippen molar-refractivity contribution in [3.05, 3.63) is 33.8 Å². The van der Waals surface area contributed by atoms with Gasteiger partial charge in [-0.05, 0) is 49.0 Å². The molecule has 1 N–H and O–H groups in total. The molecular formula is C17H27BrN2. The molecule has 0 spiro atoms. The lowest BCUT2D eigenvalue weighted by atomic mass is 9.85. The third-order valence-corrected chi connectivity index (χ3v) is 5.02. The Labute approximate surface area is 132 Å². The summed E-state index contributed by atoms with van der Waals surface area (Å²) in [6, 6.07) is 6.79. The number of halogens is 1. The number of nitrogens with one attached hydrogen (secondary N) is 1. The van der Waals surface area contributed by atoms with E-state index in [-0.39, 0.29) is 0 Å². The average molecular weight is 339 g/mol. The lowest BCUT2D eigenvalue weighted by Crippen LogP contribution is -2.32. The highest BCUT2D eigenvalue weighted by Gasteiger charge is 2.20. The van der Waals surface area contributed by atoms with Crippen molar-refractivity contribution in [3.63, 3.8) is 0 Å². The normalized spacial score (nSPS) is 15.6. The van der Waals surface area contributed by atoms with Crippen LogP contribution >= 0.6 is 15.9 Å². The summed E-state index contributed by atoms with van der Waals surface area (Å²) in [5.41, 5.74) is 2.76. The van der Waals surface area contributed by atoms with Gasteiger partial charge in [0.05, 0.1) is 0 Å². The summed E-state index contributed by atoms with van der Waals surface area (Å²) in [6.45, 7) is 9.85. The molecule has 1 aliphatic carbocycles. The molecule has 0 aliphatic heterocycles. The van der Waals surface area contributed by atoms with Crippen LogP contribution in [0.5, 0.6) is 0 Å². The maximum absolute atomic E-state index is 3.74. The van der Waals surface area contributed by atoms with E-state index in [1.54, 1.807) is 0 Å². The van der Waals surface area contributed by atoms with Crippen LogP contribution in [-0.4, -0.2) is 24.5 Å². The van der Waals surface area contributed by atoms with Gasteiger partial charge in [-0.25, -0.2) is 0 Å². The zero-order chi connectivity index (χ0) is 14.4. The van der Waals surface area contributed by atoms with Gasteiger partial charge in [0.2, 0.25) is 0 Å². The molecule has 1 saturated carbocycles. The van der Waals surface area contributed by atoms with Crippen LogP contribution < -0.4 is 5.32 Å². The van der Waals surface area contributed by atoms with Crippen molar-refractivity contribution in [2.45, 2.75) is 46.2 Å². The van der Waals surface area contributed by atoms with Crippen LogP contribution in [-0.2, 0) is 13.1 Å². The average Bonchev–Trinajstić information content (AvgIpc) is 2.41. The van der Waals surface area contributed by atoms with Crippen molar-refractivity contribution in [1.29, 1.82) is 0 Å². The van der Waals surface area contributed by atoms with Gasteiger partial charge in [0.15, 0.2) is 0 Å². The molecule has 3 heteroatoms. The summed E-state index contributed by atoms with van der Waals surface area (Å²) in [7, 11) is 0. The van der Waals surface area contributed by atoms with E-state index in [2.05, 4.69) is 58.2 Å². The van der Waals surface area contributed by atoms with Gasteiger partial charge in [0.1, 0.15) is 0 Å². The molecule has 0 heterocycles. The van der Waals surface area contributed by atoms with E-state index in [0.717, 1.165) is 32.1 Å². The van der Waals surface area contributed by atoms with Gasteiger partial charge in [-0.2, -0.15) is 0 Å². The van der Waals surface area contributed by atoms with Crippen molar-refractivity contribution in [2.24, 2.45) is 5.92 Å². The van der Waals surface area contributed by atoms with Crippen LogP contribution in [0.15, 0.2) is 22.7 Å². The third kappa shape index (κ3) is 4.57. The van der Waals surface area contributed by atoms with Crippen LogP contribution in [0.25, 0.3) is 0 Å². The minimum atomic E-state index is 0.946. The SMILES string of the molecule is CCNCc1ccc(CN(CC)CC2CCC2)c(Br)c1. The van der Waals surface area contributed by atoms with Crippen molar-refractivity contribution in [1.82, 2.24) is 10.2 Å². The molecule has 1 aliphatic rings. The topological polar surface area (TPSA) is 15.3 Å². The molecule has 112 valence electrons. The van der Waals surface area contributed by atoms with E-state index < -0.39 is 0 Å². The second-order valence-corrected chi connectivity index (χ2v) is 6.69. The lowest BCUT2D eigenvalue weighted by molar-refractivity contribution is 0.178. The first kappa shape index (κ1) is 16.0. The van der Waals surface area contributed by atoms with Crippen molar-refractivity contribution >= 4 is 15.9 Å². The van der Waals surface area contributed by atoms with E-state index in [1.807, 2.05) is 0 Å². The Balaban J connectivity index is 1.92. The van der Waals surface area contributed by atoms with Gasteiger partial charge in [-0.3, -0.25) is 4.90 Å². The largest absolute Gasteiger partial charge is 0.313 e. The molecule has 20 heavy (non-hydrogen) atoms. The molecule has 1 fully saturated rings. The molecule has 0 radical (unpaired) electrons. The molecule has 0 bridgehead atoms. The molecule has 1 aromatic rings. The van der Waals surface area contributed by atoms with Gasteiger partial charge in [0, 0.05) is 24.1 Å². The van der Waals surface area contributed by atoms with Crippen LogP contribution in [0.3, 0.4) is 0 Å². The van der Waals surface area contributed by atoms with Gasteiger partial charge in [-0.1, -0.05) is 48.3 Å². The minimum Gasteiger partial charge on any atom is -0.313 e. The summed E-state index contributed by atoms with van der Waals surface area (Å²) < 4.78 is 1.25. The highest BCUT2D eigenvalue weighted by Crippen LogP contribution is 2.28. The second kappa shape index (κ2) is 8.16. The highest BCUT2D eigenvalue weighted by molar-refractivity contribution is 9.10. The van der Waals surface area contributed by atoms with Crippen molar-refractivity contribution in [3.8, 4) is 0 Å². The summed E-state index contributed by atoms with van der Waals surface area (Å²) in [5, 5.41) is 3.37. The molecule has 0 unspecified atom stereocenters. The lowest BCUT2D eigenvalue weighted by Gasteiger charge is -2.32. The van der Waals surface area contributed by atoms with Crippen LogP contribution in [0.1, 0.15) is 44.2 Å². The summed E-state index contributed by atoms with van der Waals surface area (Å²) in [4.78, 5) is 2.58. The van der Waals surface area contributed by atoms with Gasteiger partial charge in [-0.15, -0.1) is 0 Å².